The summed E-state index contributed by atoms with van der Waals surface area (Å²) in [6.45, 7) is 6.22. The van der Waals surface area contributed by atoms with Crippen molar-refractivity contribution in [3.8, 4) is 0 Å². The Labute approximate surface area is 164 Å². The van der Waals surface area contributed by atoms with E-state index >= 15 is 0 Å². The molecule has 0 spiro atoms. The third kappa shape index (κ3) is 3.19. The number of carbonyl (C=O) groups excluding carboxylic acids is 1. The Morgan fingerprint density at radius 3 is 2.48 bits per heavy atom. The number of hydrogen-bond acceptors (Lipinski definition) is 2. The van der Waals surface area contributed by atoms with Crippen LogP contribution >= 0.6 is 11.6 Å². The largest absolute Gasteiger partial charge is 0.372 e. The van der Waals surface area contributed by atoms with Gasteiger partial charge in [-0.2, -0.15) is 0 Å². The number of anilines is 2. The normalized spacial score (nSPS) is 14.9. The zero-order chi connectivity index (χ0) is 19.0. The number of nitrogens with zero attached hydrogens (tertiary/aromatic N) is 1. The van der Waals surface area contributed by atoms with Crippen LogP contribution in [0.15, 0.2) is 48.7 Å². The minimum Gasteiger partial charge on any atom is -0.372 e. The smallest absolute Gasteiger partial charge is 0.235 e. The SMILES string of the molecule is CCN(CC)c1ccc(NC(=O)C2(c3c[nH]c4ccc(Cl)cc34)CC2)cc1. The van der Waals surface area contributed by atoms with Gasteiger partial charge in [0.05, 0.1) is 5.41 Å². The topological polar surface area (TPSA) is 48.1 Å². The lowest BCUT2D eigenvalue weighted by Crippen LogP contribution is -2.27. The highest BCUT2D eigenvalue weighted by Crippen LogP contribution is 2.51. The minimum atomic E-state index is -0.458. The monoisotopic (exact) mass is 381 g/mol. The van der Waals surface area contributed by atoms with Gasteiger partial charge in [-0.1, -0.05) is 11.6 Å². The molecule has 27 heavy (non-hydrogen) atoms. The number of halogens is 1. The van der Waals surface area contributed by atoms with E-state index in [1.165, 1.54) is 5.69 Å². The third-order valence-corrected chi connectivity index (χ3v) is 5.83. The van der Waals surface area contributed by atoms with Gasteiger partial charge in [-0.3, -0.25) is 4.79 Å². The van der Waals surface area contributed by atoms with Crippen molar-refractivity contribution in [1.82, 2.24) is 4.98 Å². The molecule has 0 unspecified atom stereocenters. The number of benzene rings is 2. The molecule has 0 saturated heterocycles. The van der Waals surface area contributed by atoms with Crippen LogP contribution in [-0.2, 0) is 10.2 Å². The molecule has 1 amide bonds. The molecule has 1 aliphatic rings. The summed E-state index contributed by atoms with van der Waals surface area (Å²) in [6, 6.07) is 13.8. The van der Waals surface area contributed by atoms with Gasteiger partial charge < -0.3 is 15.2 Å². The van der Waals surface area contributed by atoms with Gasteiger partial charge in [0.2, 0.25) is 5.91 Å². The van der Waals surface area contributed by atoms with E-state index in [1.54, 1.807) is 0 Å². The van der Waals surface area contributed by atoms with Crippen LogP contribution < -0.4 is 10.2 Å². The van der Waals surface area contributed by atoms with E-state index in [2.05, 4.69) is 41.2 Å². The van der Waals surface area contributed by atoms with Crippen molar-refractivity contribution in [2.24, 2.45) is 0 Å². The summed E-state index contributed by atoms with van der Waals surface area (Å²) in [4.78, 5) is 18.6. The lowest BCUT2D eigenvalue weighted by atomic mass is 9.94. The molecule has 0 aliphatic heterocycles. The molecule has 140 valence electrons. The number of nitrogens with one attached hydrogen (secondary N) is 2. The predicted octanol–water partition coefficient (Wildman–Crippen LogP) is 5.34. The standard InChI is InChI=1S/C22H24ClN3O/c1-3-26(4-2)17-8-6-16(7-9-17)25-21(27)22(11-12-22)19-14-24-20-10-5-15(23)13-18(19)20/h5-10,13-14,24H,3-4,11-12H2,1-2H3,(H,25,27). The fourth-order valence-electron chi connectivity index (χ4n) is 3.83. The molecule has 1 saturated carbocycles. The molecule has 3 aromatic rings. The first-order valence-electron chi connectivity index (χ1n) is 9.51. The summed E-state index contributed by atoms with van der Waals surface area (Å²) < 4.78 is 0. The molecule has 5 heteroatoms. The van der Waals surface area contributed by atoms with Gasteiger partial charge in [-0.05, 0) is 74.7 Å². The van der Waals surface area contributed by atoms with E-state index in [-0.39, 0.29) is 5.91 Å². The zero-order valence-electron chi connectivity index (χ0n) is 15.7. The second kappa shape index (κ2) is 6.93. The van der Waals surface area contributed by atoms with Crippen molar-refractivity contribution in [3.05, 3.63) is 59.2 Å². The molecule has 1 aliphatic carbocycles. The molecule has 1 fully saturated rings. The summed E-state index contributed by atoms with van der Waals surface area (Å²) in [5.74, 6) is 0.0546. The van der Waals surface area contributed by atoms with E-state index in [0.29, 0.717) is 5.02 Å². The summed E-state index contributed by atoms with van der Waals surface area (Å²) >= 11 is 6.17. The van der Waals surface area contributed by atoms with Crippen molar-refractivity contribution in [2.45, 2.75) is 32.1 Å². The van der Waals surface area contributed by atoms with Crippen molar-refractivity contribution >= 4 is 39.8 Å². The van der Waals surface area contributed by atoms with Gasteiger partial charge in [-0.15, -0.1) is 0 Å². The zero-order valence-corrected chi connectivity index (χ0v) is 16.4. The first-order chi connectivity index (χ1) is 13.1. The molecular weight excluding hydrogens is 358 g/mol. The van der Waals surface area contributed by atoms with Crippen LogP contribution in [0.5, 0.6) is 0 Å². The van der Waals surface area contributed by atoms with Gasteiger partial charge >= 0.3 is 0 Å². The van der Waals surface area contributed by atoms with Gasteiger partial charge in [0, 0.05) is 46.6 Å². The maximum absolute atomic E-state index is 13.1. The number of aromatic nitrogens is 1. The second-order valence-electron chi connectivity index (χ2n) is 7.15. The molecule has 1 aromatic heterocycles. The Hall–Kier alpha value is -2.46. The second-order valence-corrected chi connectivity index (χ2v) is 7.58. The maximum Gasteiger partial charge on any atom is 0.235 e. The van der Waals surface area contributed by atoms with Crippen molar-refractivity contribution < 1.29 is 4.79 Å². The van der Waals surface area contributed by atoms with Gasteiger partial charge in [0.1, 0.15) is 0 Å². The fraction of sp³-hybridized carbons (Fsp3) is 0.318. The summed E-state index contributed by atoms with van der Waals surface area (Å²) in [7, 11) is 0. The van der Waals surface area contributed by atoms with Gasteiger partial charge in [-0.25, -0.2) is 0 Å². The highest BCUT2D eigenvalue weighted by Gasteiger charge is 2.52. The van der Waals surface area contributed by atoms with Crippen LogP contribution in [0.4, 0.5) is 11.4 Å². The average Bonchev–Trinajstić information content (AvgIpc) is 3.38. The van der Waals surface area contributed by atoms with Crippen LogP contribution in [0.3, 0.4) is 0 Å². The van der Waals surface area contributed by atoms with Gasteiger partial charge in [0.25, 0.3) is 0 Å². The number of fused-ring (bicyclic) bond motifs is 1. The molecule has 0 atom stereocenters. The van der Waals surface area contributed by atoms with Crippen LogP contribution in [0, 0.1) is 0 Å². The lowest BCUT2D eigenvalue weighted by molar-refractivity contribution is -0.118. The van der Waals surface area contributed by atoms with Gasteiger partial charge in [0.15, 0.2) is 0 Å². The maximum atomic E-state index is 13.1. The molecular formula is C22H24ClN3O. The first-order valence-corrected chi connectivity index (χ1v) is 9.89. The molecule has 4 nitrogen and oxygen atoms in total. The van der Waals surface area contributed by atoms with E-state index in [4.69, 9.17) is 11.6 Å². The highest BCUT2D eigenvalue weighted by atomic mass is 35.5. The van der Waals surface area contributed by atoms with Crippen LogP contribution in [0.2, 0.25) is 5.02 Å². The van der Waals surface area contributed by atoms with Crippen LogP contribution in [0.25, 0.3) is 10.9 Å². The molecule has 0 bridgehead atoms. The fourth-order valence-corrected chi connectivity index (χ4v) is 4.00. The molecule has 1 heterocycles. The van der Waals surface area contributed by atoms with Crippen molar-refractivity contribution in [1.29, 1.82) is 0 Å². The highest BCUT2D eigenvalue weighted by molar-refractivity contribution is 6.31. The number of carbonyl (C=O) groups is 1. The molecule has 0 radical (unpaired) electrons. The van der Waals surface area contributed by atoms with Crippen LogP contribution in [-0.4, -0.2) is 24.0 Å². The summed E-state index contributed by atoms with van der Waals surface area (Å²) in [5, 5.41) is 4.83. The number of hydrogen-bond donors (Lipinski definition) is 2. The minimum absolute atomic E-state index is 0.0546. The van der Waals surface area contributed by atoms with Crippen molar-refractivity contribution in [2.75, 3.05) is 23.3 Å². The Bertz CT molecular complexity index is 969. The van der Waals surface area contributed by atoms with E-state index in [1.807, 2.05) is 36.5 Å². The van der Waals surface area contributed by atoms with Crippen LogP contribution in [0.1, 0.15) is 32.3 Å². The first kappa shape index (κ1) is 17.9. The molecule has 2 aromatic carbocycles. The number of H-pyrrole nitrogens is 1. The van der Waals surface area contributed by atoms with E-state index in [0.717, 1.165) is 48.1 Å². The quantitative estimate of drug-likeness (QED) is 0.605. The number of rotatable bonds is 6. The Balaban J connectivity index is 1.56. The Morgan fingerprint density at radius 2 is 1.85 bits per heavy atom. The molecule has 4 rings (SSSR count). The number of aromatic amines is 1. The Morgan fingerprint density at radius 1 is 1.15 bits per heavy atom. The average molecular weight is 382 g/mol. The predicted molar refractivity (Wildman–Crippen MR) is 113 cm³/mol. The number of amides is 1. The van der Waals surface area contributed by atoms with E-state index in [9.17, 15) is 4.79 Å². The van der Waals surface area contributed by atoms with Crippen molar-refractivity contribution in [3.63, 3.8) is 0 Å². The molecule has 2 N–H and O–H groups in total. The lowest BCUT2D eigenvalue weighted by Gasteiger charge is -2.21. The summed E-state index contributed by atoms with van der Waals surface area (Å²) in [5.41, 5.74) is 3.60. The van der Waals surface area contributed by atoms with E-state index < -0.39 is 5.41 Å². The summed E-state index contributed by atoms with van der Waals surface area (Å²) in [6.07, 6.45) is 3.67. The third-order valence-electron chi connectivity index (χ3n) is 5.60. The Kier molecular flexibility index (Phi) is 4.60.